The summed E-state index contributed by atoms with van der Waals surface area (Å²) in [6.45, 7) is 2.06. The van der Waals surface area contributed by atoms with E-state index in [1.54, 1.807) is 7.11 Å². The minimum absolute atomic E-state index is 0.0683. The van der Waals surface area contributed by atoms with E-state index in [9.17, 15) is 0 Å². The average Bonchev–Trinajstić information content (AvgIpc) is 2.38. The highest BCUT2D eigenvalue weighted by Gasteiger charge is 2.12. The normalized spacial score (nSPS) is 12.1. The molecule has 1 N–H and O–H groups in total. The maximum Gasteiger partial charge on any atom is 0.142 e. The largest absolute Gasteiger partial charge is 0.495 e. The highest BCUT2D eigenvalue weighted by atomic mass is 79.9. The van der Waals surface area contributed by atoms with Gasteiger partial charge < -0.3 is 10.1 Å². The topological polar surface area (TPSA) is 21.3 Å². The molecule has 2 aromatic rings. The van der Waals surface area contributed by atoms with Gasteiger partial charge in [-0.25, -0.2) is 0 Å². The van der Waals surface area contributed by atoms with Crippen molar-refractivity contribution in [1.29, 1.82) is 0 Å². The van der Waals surface area contributed by atoms with Gasteiger partial charge in [0.05, 0.1) is 18.8 Å². The minimum Gasteiger partial charge on any atom is -0.495 e. The lowest BCUT2D eigenvalue weighted by Crippen LogP contribution is -2.08. The molecule has 0 fully saturated rings. The Labute approximate surface area is 140 Å². The van der Waals surface area contributed by atoms with E-state index in [1.165, 1.54) is 0 Å². The number of methoxy groups -OCH3 is 1. The SMILES string of the molecule is COc1ccc(Br)cc1NC(C)c1ccc(Br)cc1Cl. The van der Waals surface area contributed by atoms with Gasteiger partial charge >= 0.3 is 0 Å². The molecular formula is C15H14Br2ClNO. The maximum absolute atomic E-state index is 6.29. The number of hydrogen-bond donors (Lipinski definition) is 1. The van der Waals surface area contributed by atoms with E-state index in [2.05, 4.69) is 44.1 Å². The van der Waals surface area contributed by atoms with Crippen LogP contribution in [0, 0.1) is 0 Å². The van der Waals surface area contributed by atoms with Gasteiger partial charge in [-0.2, -0.15) is 0 Å². The molecule has 2 rings (SSSR count). The Kier molecular flexibility index (Phi) is 5.35. The van der Waals surface area contributed by atoms with Crippen LogP contribution in [0.1, 0.15) is 18.5 Å². The fourth-order valence-electron chi connectivity index (χ4n) is 1.96. The third-order valence-electron chi connectivity index (χ3n) is 2.96. The summed E-state index contributed by atoms with van der Waals surface area (Å²) >= 11 is 13.2. The zero-order valence-corrected chi connectivity index (χ0v) is 15.0. The molecule has 0 heterocycles. The lowest BCUT2D eigenvalue weighted by Gasteiger charge is -2.19. The summed E-state index contributed by atoms with van der Waals surface area (Å²) in [6.07, 6.45) is 0. The molecule has 0 aliphatic heterocycles. The van der Waals surface area contributed by atoms with Gasteiger partial charge in [0.25, 0.3) is 0 Å². The Morgan fingerprint density at radius 2 is 1.75 bits per heavy atom. The van der Waals surface area contributed by atoms with Crippen molar-refractivity contribution >= 4 is 49.1 Å². The van der Waals surface area contributed by atoms with Gasteiger partial charge in [0.15, 0.2) is 0 Å². The highest BCUT2D eigenvalue weighted by molar-refractivity contribution is 9.10. The molecule has 0 aliphatic carbocycles. The third-order valence-corrected chi connectivity index (χ3v) is 4.28. The minimum atomic E-state index is 0.0683. The predicted octanol–water partition coefficient (Wildman–Crippen LogP) is 6.05. The second kappa shape index (κ2) is 6.83. The van der Waals surface area contributed by atoms with Crippen molar-refractivity contribution in [2.75, 3.05) is 12.4 Å². The Morgan fingerprint density at radius 3 is 2.40 bits per heavy atom. The van der Waals surface area contributed by atoms with E-state index in [4.69, 9.17) is 16.3 Å². The summed E-state index contributed by atoms with van der Waals surface area (Å²) in [5.41, 5.74) is 1.96. The number of nitrogens with one attached hydrogen (secondary N) is 1. The zero-order chi connectivity index (χ0) is 14.7. The van der Waals surface area contributed by atoms with Crippen LogP contribution in [0.4, 0.5) is 5.69 Å². The summed E-state index contributed by atoms with van der Waals surface area (Å²) in [5, 5.41) is 4.15. The van der Waals surface area contributed by atoms with Gasteiger partial charge in [-0.1, -0.05) is 49.5 Å². The first-order chi connectivity index (χ1) is 9.51. The molecule has 0 amide bonds. The van der Waals surface area contributed by atoms with Crippen LogP contribution >= 0.6 is 43.5 Å². The molecule has 0 radical (unpaired) electrons. The smallest absolute Gasteiger partial charge is 0.142 e. The first-order valence-corrected chi connectivity index (χ1v) is 8.02. The number of halogens is 3. The molecule has 5 heteroatoms. The first-order valence-electron chi connectivity index (χ1n) is 6.06. The summed E-state index contributed by atoms with van der Waals surface area (Å²) in [7, 11) is 1.66. The third kappa shape index (κ3) is 3.68. The summed E-state index contributed by atoms with van der Waals surface area (Å²) in [6, 6.07) is 11.8. The second-order valence-corrected chi connectivity index (χ2v) is 6.62. The Bertz CT molecular complexity index is 619. The average molecular weight is 420 g/mol. The van der Waals surface area contributed by atoms with Crippen molar-refractivity contribution in [3.63, 3.8) is 0 Å². The van der Waals surface area contributed by atoms with Crippen LogP contribution in [0.3, 0.4) is 0 Å². The first kappa shape index (κ1) is 15.7. The van der Waals surface area contributed by atoms with E-state index in [0.717, 1.165) is 31.0 Å². The molecular weight excluding hydrogens is 405 g/mol. The lowest BCUT2D eigenvalue weighted by molar-refractivity contribution is 0.416. The number of rotatable bonds is 4. The van der Waals surface area contributed by atoms with Crippen LogP contribution in [-0.4, -0.2) is 7.11 Å². The molecule has 1 unspecified atom stereocenters. The summed E-state index contributed by atoms with van der Waals surface area (Å²) in [4.78, 5) is 0. The summed E-state index contributed by atoms with van der Waals surface area (Å²) in [5.74, 6) is 0.799. The monoisotopic (exact) mass is 417 g/mol. The Hall–Kier alpha value is -0.710. The molecule has 0 aliphatic rings. The molecule has 0 saturated heterocycles. The van der Waals surface area contributed by atoms with Crippen LogP contribution in [-0.2, 0) is 0 Å². The number of benzene rings is 2. The van der Waals surface area contributed by atoms with Gasteiger partial charge in [0, 0.05) is 14.0 Å². The van der Waals surface area contributed by atoms with Gasteiger partial charge in [-0.15, -0.1) is 0 Å². The molecule has 0 aromatic heterocycles. The van der Waals surface area contributed by atoms with Gasteiger partial charge in [0.2, 0.25) is 0 Å². The molecule has 2 aromatic carbocycles. The number of anilines is 1. The molecule has 0 spiro atoms. The van der Waals surface area contributed by atoms with Crippen LogP contribution in [0.2, 0.25) is 5.02 Å². The van der Waals surface area contributed by atoms with E-state index >= 15 is 0 Å². The Balaban J connectivity index is 2.27. The molecule has 2 nitrogen and oxygen atoms in total. The molecule has 0 saturated carbocycles. The van der Waals surface area contributed by atoms with Crippen molar-refractivity contribution in [2.24, 2.45) is 0 Å². The second-order valence-electron chi connectivity index (χ2n) is 4.38. The zero-order valence-electron chi connectivity index (χ0n) is 11.1. The van der Waals surface area contributed by atoms with Crippen molar-refractivity contribution in [1.82, 2.24) is 0 Å². The maximum atomic E-state index is 6.29. The number of ether oxygens (including phenoxy) is 1. The standard InChI is InChI=1S/C15H14Br2ClNO/c1-9(12-5-3-10(16)7-13(12)18)19-14-8-11(17)4-6-15(14)20-2/h3-9,19H,1-2H3. The fourth-order valence-corrected chi connectivity index (χ4v) is 3.15. The lowest BCUT2D eigenvalue weighted by atomic mass is 10.1. The van der Waals surface area contributed by atoms with Crippen molar-refractivity contribution in [3.8, 4) is 5.75 Å². The predicted molar refractivity (Wildman–Crippen MR) is 91.9 cm³/mol. The van der Waals surface area contributed by atoms with Crippen molar-refractivity contribution < 1.29 is 4.74 Å². The Morgan fingerprint density at radius 1 is 1.10 bits per heavy atom. The van der Waals surface area contributed by atoms with Crippen LogP contribution in [0.15, 0.2) is 45.3 Å². The van der Waals surface area contributed by atoms with Gasteiger partial charge in [-0.3, -0.25) is 0 Å². The number of hydrogen-bond acceptors (Lipinski definition) is 2. The molecule has 0 bridgehead atoms. The van der Waals surface area contributed by atoms with Crippen molar-refractivity contribution in [3.05, 3.63) is 55.9 Å². The van der Waals surface area contributed by atoms with Crippen LogP contribution < -0.4 is 10.1 Å². The highest BCUT2D eigenvalue weighted by Crippen LogP contribution is 2.33. The van der Waals surface area contributed by atoms with Crippen LogP contribution in [0.5, 0.6) is 5.75 Å². The van der Waals surface area contributed by atoms with E-state index in [1.807, 2.05) is 36.4 Å². The molecule has 20 heavy (non-hydrogen) atoms. The van der Waals surface area contributed by atoms with E-state index in [-0.39, 0.29) is 6.04 Å². The van der Waals surface area contributed by atoms with Crippen molar-refractivity contribution in [2.45, 2.75) is 13.0 Å². The van der Waals surface area contributed by atoms with E-state index < -0.39 is 0 Å². The molecule has 1 atom stereocenters. The quantitative estimate of drug-likeness (QED) is 0.652. The fraction of sp³-hybridized carbons (Fsp3) is 0.200. The van der Waals surface area contributed by atoms with Crippen LogP contribution in [0.25, 0.3) is 0 Å². The van der Waals surface area contributed by atoms with E-state index in [0.29, 0.717) is 0 Å². The molecule has 106 valence electrons. The van der Waals surface area contributed by atoms with Gasteiger partial charge in [0.1, 0.15) is 5.75 Å². The summed E-state index contributed by atoms with van der Waals surface area (Å²) < 4.78 is 7.33. The van der Waals surface area contributed by atoms with Gasteiger partial charge in [-0.05, 0) is 42.8 Å².